The number of carbonyl (C=O) groups excluding carboxylic acids is 1. The Kier molecular flexibility index (Phi) is 10.4. The highest BCUT2D eigenvalue weighted by Gasteiger charge is 2.26. The zero-order valence-electron chi connectivity index (χ0n) is 18.7. The van der Waals surface area contributed by atoms with Crippen molar-refractivity contribution in [1.82, 2.24) is 20.4 Å². The van der Waals surface area contributed by atoms with E-state index in [-0.39, 0.29) is 29.9 Å². The first-order chi connectivity index (χ1) is 14.0. The Morgan fingerprint density at radius 3 is 2.70 bits per heavy atom. The monoisotopic (exact) mass is 527 g/mol. The molecule has 1 unspecified atom stereocenters. The zero-order chi connectivity index (χ0) is 20.6. The van der Waals surface area contributed by atoms with E-state index in [1.807, 2.05) is 25.2 Å². The molecule has 1 aromatic carbocycles. The summed E-state index contributed by atoms with van der Waals surface area (Å²) < 4.78 is 0. The molecule has 1 atom stereocenters. The van der Waals surface area contributed by atoms with E-state index in [9.17, 15) is 4.79 Å². The molecule has 6 nitrogen and oxygen atoms in total. The number of rotatable bonds is 7. The first kappa shape index (κ1) is 24.9. The van der Waals surface area contributed by atoms with Gasteiger partial charge in [0.1, 0.15) is 0 Å². The summed E-state index contributed by atoms with van der Waals surface area (Å²) in [7, 11) is 5.39. The molecule has 1 aliphatic heterocycles. The lowest BCUT2D eigenvalue weighted by Gasteiger charge is -2.21. The number of guanidine groups is 1. The van der Waals surface area contributed by atoms with Crippen LogP contribution in [0.25, 0.3) is 0 Å². The second-order valence-corrected chi connectivity index (χ2v) is 8.69. The molecule has 0 spiro atoms. The van der Waals surface area contributed by atoms with Crippen LogP contribution in [0.1, 0.15) is 48.0 Å². The van der Waals surface area contributed by atoms with Gasteiger partial charge in [0.2, 0.25) is 0 Å². The Hall–Kier alpha value is -1.35. The fraction of sp³-hybridized carbons (Fsp3) is 0.652. The first-order valence-corrected chi connectivity index (χ1v) is 11.1. The third-order valence-corrected chi connectivity index (χ3v) is 6.11. The molecule has 1 heterocycles. The molecule has 2 N–H and O–H groups in total. The van der Waals surface area contributed by atoms with E-state index in [2.05, 4.69) is 26.6 Å². The van der Waals surface area contributed by atoms with E-state index in [4.69, 9.17) is 0 Å². The maximum Gasteiger partial charge on any atom is 0.253 e. The number of hydrogen-bond donors (Lipinski definition) is 2. The van der Waals surface area contributed by atoms with Crippen molar-refractivity contribution in [2.45, 2.75) is 44.6 Å². The van der Waals surface area contributed by atoms with Gasteiger partial charge in [-0.05, 0) is 49.3 Å². The van der Waals surface area contributed by atoms with Crippen LogP contribution < -0.4 is 10.6 Å². The number of carbonyl (C=O) groups is 1. The highest BCUT2D eigenvalue weighted by Crippen LogP contribution is 2.26. The molecule has 7 heteroatoms. The molecule has 0 radical (unpaired) electrons. The van der Waals surface area contributed by atoms with Crippen LogP contribution in [0.3, 0.4) is 0 Å². The van der Waals surface area contributed by atoms with Crippen molar-refractivity contribution in [1.29, 1.82) is 0 Å². The number of likely N-dealkylation sites (tertiary alicyclic amines) is 1. The maximum absolute atomic E-state index is 12.1. The van der Waals surface area contributed by atoms with Crippen LogP contribution in [0, 0.1) is 5.92 Å². The van der Waals surface area contributed by atoms with Gasteiger partial charge in [0.05, 0.1) is 0 Å². The molecule has 30 heavy (non-hydrogen) atoms. The van der Waals surface area contributed by atoms with Gasteiger partial charge < -0.3 is 20.4 Å². The lowest BCUT2D eigenvalue weighted by Crippen LogP contribution is -2.45. The summed E-state index contributed by atoms with van der Waals surface area (Å²) in [5.74, 6) is 1.83. The van der Waals surface area contributed by atoms with Crippen LogP contribution in [-0.2, 0) is 6.42 Å². The summed E-state index contributed by atoms with van der Waals surface area (Å²) in [5.41, 5.74) is 1.90. The number of nitrogens with zero attached hydrogens (tertiary/aromatic N) is 3. The molecule has 3 rings (SSSR count). The second kappa shape index (κ2) is 12.5. The van der Waals surface area contributed by atoms with Crippen LogP contribution in [0.5, 0.6) is 0 Å². The molecule has 1 amide bonds. The molecule has 2 aliphatic rings. The summed E-state index contributed by atoms with van der Waals surface area (Å²) in [6.07, 6.45) is 7.71. The minimum atomic E-state index is 0. The van der Waals surface area contributed by atoms with Crippen molar-refractivity contribution in [2.75, 3.05) is 47.3 Å². The van der Waals surface area contributed by atoms with E-state index in [0.29, 0.717) is 6.04 Å². The fourth-order valence-electron chi connectivity index (χ4n) is 4.51. The number of benzene rings is 1. The molecule has 2 fully saturated rings. The number of aliphatic imine (C=N–C) groups is 1. The van der Waals surface area contributed by atoms with Crippen molar-refractivity contribution in [3.05, 3.63) is 35.4 Å². The predicted octanol–water partition coefficient (Wildman–Crippen LogP) is 2.98. The Labute approximate surface area is 198 Å². The predicted molar refractivity (Wildman–Crippen MR) is 135 cm³/mol. The Morgan fingerprint density at radius 1 is 1.23 bits per heavy atom. The van der Waals surface area contributed by atoms with E-state index in [1.54, 1.807) is 19.0 Å². The lowest BCUT2D eigenvalue weighted by molar-refractivity contribution is 0.0827. The number of hydrogen-bond acceptors (Lipinski definition) is 3. The fourth-order valence-corrected chi connectivity index (χ4v) is 4.51. The molecule has 1 saturated heterocycles. The average Bonchev–Trinajstić information content (AvgIpc) is 3.39. The van der Waals surface area contributed by atoms with Gasteiger partial charge in [-0.25, -0.2) is 0 Å². The normalized spacial score (nSPS) is 20.1. The van der Waals surface area contributed by atoms with Crippen LogP contribution in [0.2, 0.25) is 0 Å². The average molecular weight is 527 g/mol. The molecule has 1 saturated carbocycles. The molecule has 1 aromatic rings. The third kappa shape index (κ3) is 7.41. The van der Waals surface area contributed by atoms with Crippen LogP contribution in [0.4, 0.5) is 0 Å². The SMILES string of the molecule is CN=C(NCCc1cccc(C(=O)N(C)C)c1)NC1CCN(CC2CCCC2)C1.I. The van der Waals surface area contributed by atoms with Gasteiger partial charge in [0, 0.05) is 58.9 Å². The summed E-state index contributed by atoms with van der Waals surface area (Å²) in [5, 5.41) is 7.02. The molecular weight excluding hydrogens is 489 g/mol. The van der Waals surface area contributed by atoms with E-state index < -0.39 is 0 Å². The Bertz CT molecular complexity index is 703. The van der Waals surface area contributed by atoms with E-state index in [0.717, 1.165) is 42.5 Å². The topological polar surface area (TPSA) is 60.0 Å². The summed E-state index contributed by atoms with van der Waals surface area (Å²) in [6, 6.07) is 8.36. The molecule has 1 aliphatic carbocycles. The van der Waals surface area contributed by atoms with Gasteiger partial charge in [-0.15, -0.1) is 24.0 Å². The van der Waals surface area contributed by atoms with Crippen molar-refractivity contribution < 1.29 is 4.79 Å². The van der Waals surface area contributed by atoms with Crippen LogP contribution >= 0.6 is 24.0 Å². The third-order valence-electron chi connectivity index (χ3n) is 6.11. The minimum Gasteiger partial charge on any atom is -0.356 e. The van der Waals surface area contributed by atoms with Crippen molar-refractivity contribution in [2.24, 2.45) is 10.9 Å². The molecular formula is C23H38IN5O. The van der Waals surface area contributed by atoms with Crippen molar-refractivity contribution >= 4 is 35.8 Å². The van der Waals surface area contributed by atoms with Gasteiger partial charge in [-0.2, -0.15) is 0 Å². The Morgan fingerprint density at radius 2 is 2.00 bits per heavy atom. The molecule has 168 valence electrons. The Balaban J connectivity index is 0.00000320. The summed E-state index contributed by atoms with van der Waals surface area (Å²) >= 11 is 0. The van der Waals surface area contributed by atoms with Crippen molar-refractivity contribution in [3.8, 4) is 0 Å². The van der Waals surface area contributed by atoms with Gasteiger partial charge in [-0.1, -0.05) is 25.0 Å². The quantitative estimate of drug-likeness (QED) is 0.325. The highest BCUT2D eigenvalue weighted by molar-refractivity contribution is 14.0. The highest BCUT2D eigenvalue weighted by atomic mass is 127. The van der Waals surface area contributed by atoms with Gasteiger partial charge >= 0.3 is 0 Å². The summed E-state index contributed by atoms with van der Waals surface area (Å²) in [4.78, 5) is 20.8. The van der Waals surface area contributed by atoms with Gasteiger partial charge in [0.25, 0.3) is 5.91 Å². The van der Waals surface area contributed by atoms with Crippen LogP contribution in [0.15, 0.2) is 29.3 Å². The first-order valence-electron chi connectivity index (χ1n) is 11.1. The largest absolute Gasteiger partial charge is 0.356 e. The van der Waals surface area contributed by atoms with E-state index in [1.165, 1.54) is 45.2 Å². The molecule has 0 bridgehead atoms. The summed E-state index contributed by atoms with van der Waals surface area (Å²) in [6.45, 7) is 4.37. The lowest BCUT2D eigenvalue weighted by atomic mass is 10.1. The van der Waals surface area contributed by atoms with Crippen molar-refractivity contribution in [3.63, 3.8) is 0 Å². The minimum absolute atomic E-state index is 0. The number of nitrogens with one attached hydrogen (secondary N) is 2. The zero-order valence-corrected chi connectivity index (χ0v) is 21.0. The van der Waals surface area contributed by atoms with Gasteiger partial charge in [0.15, 0.2) is 5.96 Å². The van der Waals surface area contributed by atoms with E-state index >= 15 is 0 Å². The second-order valence-electron chi connectivity index (χ2n) is 8.69. The number of amides is 1. The maximum atomic E-state index is 12.1. The number of halogens is 1. The van der Waals surface area contributed by atoms with Crippen LogP contribution in [-0.4, -0.2) is 75.0 Å². The van der Waals surface area contributed by atoms with Gasteiger partial charge in [-0.3, -0.25) is 9.79 Å². The molecule has 0 aromatic heterocycles. The smallest absolute Gasteiger partial charge is 0.253 e. The standard InChI is InChI=1S/C23H37N5O.HI/c1-24-23(26-21-12-14-28(17-21)16-19-7-4-5-8-19)25-13-11-18-9-6-10-20(15-18)22(29)27(2)3;/h6,9-10,15,19,21H,4-5,7-8,11-14,16-17H2,1-3H3,(H2,24,25,26);1H.